The minimum absolute atomic E-state index is 0.421. The number of piperidine rings is 1. The fourth-order valence-electron chi connectivity index (χ4n) is 2.78. The van der Waals surface area contributed by atoms with Crippen LogP contribution in [0, 0.1) is 11.8 Å². The van der Waals surface area contributed by atoms with Crippen molar-refractivity contribution in [3.63, 3.8) is 0 Å². The molecule has 0 bridgehead atoms. The normalized spacial score (nSPS) is 15.1. The van der Waals surface area contributed by atoms with E-state index in [0.29, 0.717) is 23.1 Å². The lowest BCUT2D eigenvalue weighted by atomic mass is 10.1. The molecule has 2 aromatic heterocycles. The van der Waals surface area contributed by atoms with Crippen LogP contribution in [0.4, 0.5) is 5.95 Å². The molecule has 3 heterocycles. The molecule has 0 aliphatic carbocycles. The number of thioether (sulfide) groups is 1. The van der Waals surface area contributed by atoms with Gasteiger partial charge in [-0.05, 0) is 44.5 Å². The Bertz CT molecular complexity index is 766. The second-order valence-electron chi connectivity index (χ2n) is 6.61. The Labute approximate surface area is 157 Å². The monoisotopic (exact) mass is 381 g/mol. The SMILES string of the molecule is Cc1cc(SCc2nn(C[NH+](C)C)c(=S)o2)nc(N2CCCCC2)n1. The number of quaternary nitrogens is 1. The molecule has 2 aromatic rings. The summed E-state index contributed by atoms with van der Waals surface area (Å²) < 4.78 is 7.32. The smallest absolute Gasteiger partial charge is 0.291 e. The van der Waals surface area contributed by atoms with E-state index in [9.17, 15) is 0 Å². The molecule has 9 heteroatoms. The van der Waals surface area contributed by atoms with Crippen LogP contribution in [0.1, 0.15) is 30.8 Å². The van der Waals surface area contributed by atoms with Gasteiger partial charge in [0.05, 0.1) is 19.8 Å². The molecule has 0 saturated carbocycles. The largest absolute Gasteiger partial charge is 0.413 e. The van der Waals surface area contributed by atoms with Crippen LogP contribution < -0.4 is 9.80 Å². The number of aryl methyl sites for hydroxylation is 1. The lowest BCUT2D eigenvalue weighted by Gasteiger charge is -2.27. The first-order valence-electron chi connectivity index (χ1n) is 8.60. The minimum Gasteiger partial charge on any atom is -0.413 e. The molecule has 0 radical (unpaired) electrons. The Morgan fingerprint density at radius 1 is 1.24 bits per heavy atom. The summed E-state index contributed by atoms with van der Waals surface area (Å²) in [5.74, 6) is 2.08. The standard InChI is InChI=1S/C16H24N6OS2/c1-12-9-14(18-15(17-12)21-7-5-4-6-8-21)25-10-13-19-22(11-20(2)3)16(24)23-13/h9H,4-8,10-11H2,1-3H3/p+1. The average molecular weight is 382 g/mol. The third kappa shape index (κ3) is 5.02. The number of nitrogens with zero attached hydrogens (tertiary/aromatic N) is 5. The molecule has 1 fully saturated rings. The topological polar surface area (TPSA) is 64.4 Å². The summed E-state index contributed by atoms with van der Waals surface area (Å²) in [5.41, 5.74) is 0.987. The van der Waals surface area contributed by atoms with E-state index in [-0.39, 0.29) is 0 Å². The molecule has 0 spiro atoms. The van der Waals surface area contributed by atoms with Crippen molar-refractivity contribution < 1.29 is 9.32 Å². The fourth-order valence-corrected chi connectivity index (χ4v) is 3.77. The van der Waals surface area contributed by atoms with E-state index in [4.69, 9.17) is 21.6 Å². The van der Waals surface area contributed by atoms with Crippen molar-refractivity contribution in [2.45, 2.75) is 43.6 Å². The zero-order chi connectivity index (χ0) is 17.8. The molecule has 1 aliphatic heterocycles. The van der Waals surface area contributed by atoms with Crippen molar-refractivity contribution in [1.29, 1.82) is 0 Å². The van der Waals surface area contributed by atoms with E-state index >= 15 is 0 Å². The highest BCUT2D eigenvalue weighted by molar-refractivity contribution is 7.98. The van der Waals surface area contributed by atoms with Crippen LogP contribution in [0.15, 0.2) is 15.5 Å². The van der Waals surface area contributed by atoms with Gasteiger partial charge in [0.2, 0.25) is 11.8 Å². The molecule has 0 amide bonds. The maximum atomic E-state index is 5.59. The number of nitrogens with one attached hydrogen (secondary N) is 1. The van der Waals surface area contributed by atoms with Gasteiger partial charge < -0.3 is 14.2 Å². The van der Waals surface area contributed by atoms with Crippen molar-refractivity contribution in [3.05, 3.63) is 22.5 Å². The first-order chi connectivity index (χ1) is 12.0. The third-order valence-corrected chi connectivity index (χ3v) is 5.11. The summed E-state index contributed by atoms with van der Waals surface area (Å²) >= 11 is 6.83. The Kier molecular flexibility index (Phi) is 6.08. The highest BCUT2D eigenvalue weighted by Crippen LogP contribution is 2.24. The van der Waals surface area contributed by atoms with Crippen molar-refractivity contribution in [2.75, 3.05) is 32.1 Å². The first-order valence-corrected chi connectivity index (χ1v) is 10.00. The molecule has 0 unspecified atom stereocenters. The van der Waals surface area contributed by atoms with Gasteiger partial charge in [-0.1, -0.05) is 11.8 Å². The molecule has 3 rings (SSSR count). The summed E-state index contributed by atoms with van der Waals surface area (Å²) in [4.78, 5) is 13.3. The van der Waals surface area contributed by atoms with Gasteiger partial charge in [0, 0.05) is 18.8 Å². The zero-order valence-electron chi connectivity index (χ0n) is 15.0. The number of anilines is 1. The fraction of sp³-hybridized carbons (Fsp3) is 0.625. The lowest BCUT2D eigenvalue weighted by molar-refractivity contribution is -0.883. The summed E-state index contributed by atoms with van der Waals surface area (Å²) in [6.45, 7) is 4.79. The number of rotatable bonds is 6. The maximum Gasteiger partial charge on any atom is 0.291 e. The molecule has 25 heavy (non-hydrogen) atoms. The molecule has 1 N–H and O–H groups in total. The van der Waals surface area contributed by atoms with Crippen LogP contribution >= 0.6 is 24.0 Å². The van der Waals surface area contributed by atoms with Gasteiger partial charge in [-0.3, -0.25) is 0 Å². The summed E-state index contributed by atoms with van der Waals surface area (Å²) in [7, 11) is 4.10. The van der Waals surface area contributed by atoms with E-state index in [1.807, 2.05) is 13.0 Å². The first kappa shape index (κ1) is 18.3. The van der Waals surface area contributed by atoms with Crippen molar-refractivity contribution >= 4 is 29.9 Å². The molecular weight excluding hydrogens is 356 g/mol. The molecule has 0 aromatic carbocycles. The van der Waals surface area contributed by atoms with Crippen molar-refractivity contribution in [1.82, 2.24) is 19.7 Å². The number of hydrogen-bond acceptors (Lipinski definition) is 7. The third-order valence-electron chi connectivity index (χ3n) is 3.92. The second-order valence-corrected chi connectivity index (χ2v) is 7.96. The highest BCUT2D eigenvalue weighted by atomic mass is 32.2. The van der Waals surface area contributed by atoms with Crippen LogP contribution in [0.3, 0.4) is 0 Å². The maximum absolute atomic E-state index is 5.59. The predicted octanol–water partition coefficient (Wildman–Crippen LogP) is 1.69. The molecule has 1 saturated heterocycles. The number of hydrogen-bond donors (Lipinski definition) is 1. The Hall–Kier alpha value is -1.45. The molecular formula is C16H25N6OS2+. The van der Waals surface area contributed by atoms with E-state index in [2.05, 4.69) is 29.1 Å². The summed E-state index contributed by atoms with van der Waals surface area (Å²) in [5, 5.41) is 5.40. The van der Waals surface area contributed by atoms with Gasteiger partial charge >= 0.3 is 0 Å². The number of aromatic nitrogens is 4. The molecule has 1 aliphatic rings. The van der Waals surface area contributed by atoms with E-state index in [0.717, 1.165) is 29.8 Å². The molecule has 136 valence electrons. The van der Waals surface area contributed by atoms with Crippen molar-refractivity contribution in [2.24, 2.45) is 0 Å². The predicted molar refractivity (Wildman–Crippen MR) is 101 cm³/mol. The Morgan fingerprint density at radius 2 is 2.00 bits per heavy atom. The van der Waals surface area contributed by atoms with Crippen LogP contribution in [0.5, 0.6) is 0 Å². The van der Waals surface area contributed by atoms with Gasteiger partial charge in [0.1, 0.15) is 5.03 Å². The molecule has 7 nitrogen and oxygen atoms in total. The quantitative estimate of drug-likeness (QED) is 0.464. The van der Waals surface area contributed by atoms with Gasteiger partial charge in [-0.2, -0.15) is 4.68 Å². The van der Waals surface area contributed by atoms with Crippen LogP contribution in [0.25, 0.3) is 0 Å². The summed E-state index contributed by atoms with van der Waals surface area (Å²) in [6, 6.07) is 2.01. The van der Waals surface area contributed by atoms with Gasteiger partial charge in [0.15, 0.2) is 6.67 Å². The summed E-state index contributed by atoms with van der Waals surface area (Å²) in [6.07, 6.45) is 3.73. The average Bonchev–Trinajstić information content (AvgIpc) is 2.92. The molecule has 0 atom stereocenters. The Balaban J connectivity index is 1.68. The lowest BCUT2D eigenvalue weighted by Crippen LogP contribution is -3.05. The Morgan fingerprint density at radius 3 is 2.72 bits per heavy atom. The van der Waals surface area contributed by atoms with E-state index in [1.165, 1.54) is 24.2 Å². The van der Waals surface area contributed by atoms with Crippen LogP contribution in [-0.4, -0.2) is 46.9 Å². The van der Waals surface area contributed by atoms with Gasteiger partial charge in [-0.15, -0.1) is 5.10 Å². The zero-order valence-corrected chi connectivity index (χ0v) is 16.6. The van der Waals surface area contributed by atoms with E-state index < -0.39 is 0 Å². The minimum atomic E-state index is 0.421. The highest BCUT2D eigenvalue weighted by Gasteiger charge is 2.15. The van der Waals surface area contributed by atoms with Crippen LogP contribution in [-0.2, 0) is 12.4 Å². The van der Waals surface area contributed by atoms with Gasteiger partial charge in [-0.25, -0.2) is 9.97 Å². The second kappa shape index (κ2) is 8.29. The van der Waals surface area contributed by atoms with E-state index in [1.54, 1.807) is 16.4 Å². The van der Waals surface area contributed by atoms with Gasteiger partial charge in [0.25, 0.3) is 4.84 Å². The van der Waals surface area contributed by atoms with Crippen molar-refractivity contribution in [3.8, 4) is 0 Å². The van der Waals surface area contributed by atoms with Crippen LogP contribution in [0.2, 0.25) is 0 Å².